The van der Waals surface area contributed by atoms with Crippen molar-refractivity contribution in [3.8, 4) is 6.07 Å². The zero-order chi connectivity index (χ0) is 14.1. The van der Waals surface area contributed by atoms with Crippen molar-refractivity contribution in [3.63, 3.8) is 0 Å². The number of hydrogen-bond acceptors (Lipinski definition) is 3. The van der Waals surface area contributed by atoms with Gasteiger partial charge in [-0.25, -0.2) is 0 Å². The van der Waals surface area contributed by atoms with Gasteiger partial charge in [-0.2, -0.15) is 5.26 Å². The minimum atomic E-state index is 0.213. The van der Waals surface area contributed by atoms with E-state index in [1.54, 1.807) is 11.3 Å². The topological polar surface area (TPSA) is 44.5 Å². The van der Waals surface area contributed by atoms with Gasteiger partial charge in [0.15, 0.2) is 4.77 Å². The Bertz CT molecular complexity index is 834. The van der Waals surface area contributed by atoms with E-state index in [1.165, 1.54) is 4.88 Å². The van der Waals surface area contributed by atoms with E-state index >= 15 is 0 Å². The SMILES string of the molecule is CCC(c1cccs1)n1c(=S)[nH]c2ccc(C#N)cc21. The van der Waals surface area contributed by atoms with E-state index in [4.69, 9.17) is 17.5 Å². The maximum absolute atomic E-state index is 9.08. The molecule has 0 saturated carbocycles. The Labute approximate surface area is 126 Å². The fraction of sp³-hybridized carbons (Fsp3) is 0.200. The van der Waals surface area contributed by atoms with Gasteiger partial charge in [-0.1, -0.05) is 13.0 Å². The second-order valence-corrected chi connectivity index (χ2v) is 5.95. The number of thiophene rings is 1. The minimum Gasteiger partial charge on any atom is -0.331 e. The zero-order valence-electron chi connectivity index (χ0n) is 11.0. The van der Waals surface area contributed by atoms with Gasteiger partial charge >= 0.3 is 0 Å². The normalized spacial score (nSPS) is 12.4. The van der Waals surface area contributed by atoms with Crippen molar-refractivity contribution in [2.75, 3.05) is 0 Å². The summed E-state index contributed by atoms with van der Waals surface area (Å²) in [6.07, 6.45) is 0.957. The summed E-state index contributed by atoms with van der Waals surface area (Å²) >= 11 is 7.21. The molecule has 0 aliphatic rings. The Morgan fingerprint density at radius 2 is 2.30 bits per heavy atom. The summed E-state index contributed by atoms with van der Waals surface area (Å²) < 4.78 is 2.83. The zero-order valence-corrected chi connectivity index (χ0v) is 12.6. The molecule has 0 amide bonds. The van der Waals surface area contributed by atoms with E-state index in [0.717, 1.165) is 17.5 Å². The van der Waals surface area contributed by atoms with Crippen LogP contribution in [0.3, 0.4) is 0 Å². The molecular weight excluding hydrogens is 286 g/mol. The van der Waals surface area contributed by atoms with Crippen LogP contribution in [0.25, 0.3) is 11.0 Å². The molecule has 2 heterocycles. The Morgan fingerprint density at radius 1 is 1.45 bits per heavy atom. The van der Waals surface area contributed by atoms with Gasteiger partial charge < -0.3 is 9.55 Å². The molecule has 0 aliphatic heterocycles. The molecule has 2 aromatic heterocycles. The second kappa shape index (κ2) is 5.23. The fourth-order valence-electron chi connectivity index (χ4n) is 2.49. The first-order valence-electron chi connectivity index (χ1n) is 6.42. The molecule has 20 heavy (non-hydrogen) atoms. The Hall–Kier alpha value is -1.90. The second-order valence-electron chi connectivity index (χ2n) is 4.58. The smallest absolute Gasteiger partial charge is 0.178 e. The van der Waals surface area contributed by atoms with Gasteiger partial charge in [0.1, 0.15) is 0 Å². The van der Waals surface area contributed by atoms with Crippen LogP contribution in [-0.4, -0.2) is 9.55 Å². The summed E-state index contributed by atoms with van der Waals surface area (Å²) in [6.45, 7) is 2.15. The lowest BCUT2D eigenvalue weighted by atomic mass is 10.1. The van der Waals surface area contributed by atoms with Gasteiger partial charge in [-0.3, -0.25) is 0 Å². The number of benzene rings is 1. The number of nitrogens with one attached hydrogen (secondary N) is 1. The van der Waals surface area contributed by atoms with Crippen molar-refractivity contribution in [3.05, 3.63) is 50.9 Å². The third-order valence-corrected chi connectivity index (χ3v) is 4.69. The molecule has 0 bridgehead atoms. The van der Waals surface area contributed by atoms with Crippen LogP contribution in [0.15, 0.2) is 35.7 Å². The van der Waals surface area contributed by atoms with Crippen molar-refractivity contribution in [1.29, 1.82) is 5.26 Å². The molecule has 3 rings (SSSR count). The van der Waals surface area contributed by atoms with Crippen LogP contribution in [0.1, 0.15) is 29.8 Å². The quantitative estimate of drug-likeness (QED) is 0.716. The van der Waals surface area contributed by atoms with Gasteiger partial charge in [0.05, 0.1) is 28.7 Å². The molecule has 3 aromatic rings. The average molecular weight is 299 g/mol. The standard InChI is InChI=1S/C15H13N3S2/c1-2-12(14-4-3-7-20-14)18-13-8-10(9-16)5-6-11(13)17-15(18)19/h3-8,12H,2H2,1H3,(H,17,19). The van der Waals surface area contributed by atoms with Crippen LogP contribution in [0, 0.1) is 16.1 Å². The predicted molar refractivity (Wildman–Crippen MR) is 84.6 cm³/mol. The van der Waals surface area contributed by atoms with Crippen LogP contribution in [0.2, 0.25) is 0 Å². The molecule has 1 N–H and O–H groups in total. The molecule has 1 atom stereocenters. The van der Waals surface area contributed by atoms with Crippen molar-refractivity contribution in [2.24, 2.45) is 0 Å². The largest absolute Gasteiger partial charge is 0.331 e. The van der Waals surface area contributed by atoms with E-state index in [0.29, 0.717) is 10.3 Å². The summed E-state index contributed by atoms with van der Waals surface area (Å²) in [5.41, 5.74) is 2.62. The third-order valence-electron chi connectivity index (χ3n) is 3.42. The first kappa shape index (κ1) is 13.1. The molecule has 5 heteroatoms. The van der Waals surface area contributed by atoms with Crippen molar-refractivity contribution in [2.45, 2.75) is 19.4 Å². The Morgan fingerprint density at radius 3 is 2.95 bits per heavy atom. The van der Waals surface area contributed by atoms with Gasteiger partial charge in [0.25, 0.3) is 0 Å². The highest BCUT2D eigenvalue weighted by Gasteiger charge is 2.17. The lowest BCUT2D eigenvalue weighted by molar-refractivity contribution is 0.584. The number of H-pyrrole nitrogens is 1. The molecule has 0 saturated heterocycles. The molecule has 1 unspecified atom stereocenters. The number of fused-ring (bicyclic) bond motifs is 1. The predicted octanol–water partition coefficient (Wildman–Crippen LogP) is 4.63. The van der Waals surface area contributed by atoms with Crippen LogP contribution in [0.4, 0.5) is 0 Å². The Balaban J connectivity index is 2.27. The first-order valence-corrected chi connectivity index (χ1v) is 7.71. The number of aromatic nitrogens is 2. The lowest BCUT2D eigenvalue weighted by Gasteiger charge is -2.16. The number of aromatic amines is 1. The molecule has 0 fully saturated rings. The van der Waals surface area contributed by atoms with Crippen LogP contribution in [-0.2, 0) is 0 Å². The first-order chi connectivity index (χ1) is 9.74. The summed E-state index contributed by atoms with van der Waals surface area (Å²) in [7, 11) is 0. The highest BCUT2D eigenvalue weighted by atomic mass is 32.1. The highest BCUT2D eigenvalue weighted by molar-refractivity contribution is 7.71. The summed E-state index contributed by atoms with van der Waals surface area (Å²) in [6, 6.07) is 12.2. The van der Waals surface area contributed by atoms with Crippen LogP contribution < -0.4 is 0 Å². The van der Waals surface area contributed by atoms with Crippen LogP contribution in [0.5, 0.6) is 0 Å². The van der Waals surface area contributed by atoms with E-state index < -0.39 is 0 Å². The van der Waals surface area contributed by atoms with Crippen LogP contribution >= 0.6 is 23.6 Å². The van der Waals surface area contributed by atoms with E-state index in [-0.39, 0.29) is 6.04 Å². The van der Waals surface area contributed by atoms with Crippen molar-refractivity contribution < 1.29 is 0 Å². The number of nitriles is 1. The summed E-state index contributed by atoms with van der Waals surface area (Å²) in [5.74, 6) is 0. The van der Waals surface area contributed by atoms with Gasteiger partial charge in [-0.15, -0.1) is 11.3 Å². The molecule has 3 nitrogen and oxygen atoms in total. The number of rotatable bonds is 3. The monoisotopic (exact) mass is 299 g/mol. The third kappa shape index (κ3) is 2.07. The fourth-order valence-corrected chi connectivity index (χ4v) is 3.73. The van der Waals surface area contributed by atoms with Crippen molar-refractivity contribution >= 4 is 34.6 Å². The number of hydrogen-bond donors (Lipinski definition) is 1. The Kier molecular flexibility index (Phi) is 3.43. The molecule has 0 spiro atoms. The van der Waals surface area contributed by atoms with Crippen molar-refractivity contribution in [1.82, 2.24) is 9.55 Å². The summed E-state index contributed by atoms with van der Waals surface area (Å²) in [4.78, 5) is 4.51. The molecule has 1 aromatic carbocycles. The van der Waals surface area contributed by atoms with Gasteiger partial charge in [-0.05, 0) is 48.3 Å². The minimum absolute atomic E-state index is 0.213. The molecular formula is C15H13N3S2. The number of nitrogens with zero attached hydrogens (tertiary/aromatic N) is 2. The van der Waals surface area contributed by atoms with Gasteiger partial charge in [0.2, 0.25) is 0 Å². The number of imidazole rings is 1. The molecule has 0 radical (unpaired) electrons. The van der Waals surface area contributed by atoms with E-state index in [2.05, 4.69) is 40.1 Å². The maximum Gasteiger partial charge on any atom is 0.178 e. The van der Waals surface area contributed by atoms with E-state index in [1.807, 2.05) is 18.2 Å². The molecule has 0 aliphatic carbocycles. The summed E-state index contributed by atoms with van der Waals surface area (Å²) in [5, 5.41) is 11.2. The molecule has 100 valence electrons. The van der Waals surface area contributed by atoms with E-state index in [9.17, 15) is 0 Å². The van der Waals surface area contributed by atoms with Gasteiger partial charge in [0, 0.05) is 4.88 Å². The average Bonchev–Trinajstić information content (AvgIpc) is 3.08. The maximum atomic E-state index is 9.08. The lowest BCUT2D eigenvalue weighted by Crippen LogP contribution is -2.08. The highest BCUT2D eigenvalue weighted by Crippen LogP contribution is 2.30.